The fraction of sp³-hybridized carbons (Fsp3) is 0. The first-order valence-electron chi connectivity index (χ1n) is 21.7. The fourth-order valence-electron chi connectivity index (χ4n) is 9.76. The number of para-hydroxylation sites is 3. The van der Waals surface area contributed by atoms with Crippen LogP contribution in [0.2, 0.25) is 0 Å². The highest BCUT2D eigenvalue weighted by atomic mass is 15.2. The number of pyridine rings is 2. The van der Waals surface area contributed by atoms with Crippen molar-refractivity contribution in [2.24, 2.45) is 0 Å². The lowest BCUT2D eigenvalue weighted by Crippen LogP contribution is -2.61. The average Bonchev–Trinajstić information content (AvgIpc) is 3.37. The number of hydrogen-bond acceptors (Lipinski definition) is 5. The lowest BCUT2D eigenvalue weighted by atomic mass is 9.33. The van der Waals surface area contributed by atoms with Crippen LogP contribution in [0.1, 0.15) is 0 Å². The van der Waals surface area contributed by atoms with E-state index in [2.05, 4.69) is 243 Å². The van der Waals surface area contributed by atoms with Gasteiger partial charge in [-0.15, -0.1) is 0 Å². The normalized spacial score (nSPS) is 12.3. The third-order valence-corrected chi connectivity index (χ3v) is 12.6. The zero-order valence-corrected chi connectivity index (χ0v) is 34.9. The molecular weight excluding hydrogens is 777 g/mol. The Hall–Kier alpha value is -8.48. The highest BCUT2D eigenvalue weighted by Crippen LogP contribution is 2.47. The number of hydrogen-bond donors (Lipinski definition) is 0. The topological polar surface area (TPSA) is 35.5 Å². The predicted molar refractivity (Wildman–Crippen MR) is 267 cm³/mol. The highest BCUT2D eigenvalue weighted by molar-refractivity contribution is 7.00. The molecule has 0 saturated heterocycles. The summed E-state index contributed by atoms with van der Waals surface area (Å²) < 4.78 is 0. The van der Waals surface area contributed by atoms with Crippen molar-refractivity contribution >= 4 is 74.3 Å². The summed E-state index contributed by atoms with van der Waals surface area (Å²) in [5, 5.41) is 0. The lowest BCUT2D eigenvalue weighted by molar-refractivity contribution is 1.24. The van der Waals surface area contributed by atoms with Crippen molar-refractivity contribution in [2.45, 2.75) is 0 Å². The first-order chi connectivity index (χ1) is 31.8. The second-order valence-corrected chi connectivity index (χ2v) is 16.3. The van der Waals surface area contributed by atoms with Gasteiger partial charge in [0.05, 0.1) is 0 Å². The monoisotopic (exact) mass is 817 g/mol. The standard InChI is InChI=1S/C58H40BN5/c1-5-14-41(15-6-1)44-24-26-52-56(39-44)64(51-37-45(42-28-32-60-33-29-42)36-46(38-51)43-30-34-61-35-31-43)55-23-13-22-54-58(55)59(52)53-27-25-50(40-57(53)63(54)49-20-11-4-12-21-49)62(47-16-7-2-8-17-47)48-18-9-3-10-19-48/h1-40H. The maximum absolute atomic E-state index is 4.37. The molecule has 6 heteroatoms. The van der Waals surface area contributed by atoms with E-state index in [4.69, 9.17) is 0 Å². The Balaban J connectivity index is 1.13. The molecule has 0 N–H and O–H groups in total. The van der Waals surface area contributed by atoms with Crippen molar-refractivity contribution in [3.05, 3.63) is 243 Å². The molecule has 12 rings (SSSR count). The minimum absolute atomic E-state index is 0.0452. The summed E-state index contributed by atoms with van der Waals surface area (Å²) in [5.74, 6) is 0. The van der Waals surface area contributed by atoms with E-state index in [1.54, 1.807) is 0 Å². The van der Waals surface area contributed by atoms with Crippen molar-refractivity contribution < 1.29 is 0 Å². The Kier molecular flexibility index (Phi) is 9.19. The lowest BCUT2D eigenvalue weighted by Gasteiger charge is -2.44. The van der Waals surface area contributed by atoms with Crippen molar-refractivity contribution in [1.82, 2.24) is 9.97 Å². The van der Waals surface area contributed by atoms with E-state index in [0.29, 0.717) is 0 Å². The minimum atomic E-state index is -0.0452. The van der Waals surface area contributed by atoms with Crippen molar-refractivity contribution in [1.29, 1.82) is 0 Å². The maximum Gasteiger partial charge on any atom is 0.252 e. The van der Waals surface area contributed by atoms with E-state index in [9.17, 15) is 0 Å². The third-order valence-electron chi connectivity index (χ3n) is 12.6. The van der Waals surface area contributed by atoms with Crippen LogP contribution in [0.5, 0.6) is 0 Å². The van der Waals surface area contributed by atoms with E-state index >= 15 is 0 Å². The third kappa shape index (κ3) is 6.43. The molecule has 0 unspecified atom stereocenters. The van der Waals surface area contributed by atoms with E-state index in [-0.39, 0.29) is 6.71 Å². The Morgan fingerprint density at radius 3 is 1.38 bits per heavy atom. The zero-order chi connectivity index (χ0) is 42.4. The van der Waals surface area contributed by atoms with Crippen LogP contribution in [-0.2, 0) is 0 Å². The Labute approximate surface area is 373 Å². The molecule has 8 aromatic carbocycles. The molecule has 64 heavy (non-hydrogen) atoms. The van der Waals surface area contributed by atoms with Crippen LogP contribution in [0.3, 0.4) is 0 Å². The fourth-order valence-corrected chi connectivity index (χ4v) is 9.76. The molecule has 4 heterocycles. The molecule has 2 aliphatic heterocycles. The van der Waals surface area contributed by atoms with Gasteiger partial charge in [-0.05, 0) is 159 Å². The molecule has 0 saturated carbocycles. The van der Waals surface area contributed by atoms with Crippen LogP contribution in [0, 0.1) is 0 Å². The van der Waals surface area contributed by atoms with Gasteiger partial charge in [-0.3, -0.25) is 9.97 Å². The maximum atomic E-state index is 4.37. The van der Waals surface area contributed by atoms with Gasteiger partial charge >= 0.3 is 0 Å². The van der Waals surface area contributed by atoms with Gasteiger partial charge in [0.15, 0.2) is 0 Å². The molecule has 0 spiro atoms. The number of rotatable bonds is 8. The van der Waals surface area contributed by atoms with Gasteiger partial charge in [0.1, 0.15) is 0 Å². The largest absolute Gasteiger partial charge is 0.311 e. The van der Waals surface area contributed by atoms with Gasteiger partial charge < -0.3 is 14.7 Å². The number of anilines is 9. The molecular formula is C58H40BN5. The number of aromatic nitrogens is 2. The van der Waals surface area contributed by atoms with Crippen LogP contribution in [0.25, 0.3) is 33.4 Å². The highest BCUT2D eigenvalue weighted by Gasteiger charge is 2.43. The molecule has 300 valence electrons. The SMILES string of the molecule is c1ccc(-c2ccc3c(c2)N(c2cc(-c4ccncc4)cc(-c4ccncc4)c2)c2cccc4c2B3c2ccc(N(c3ccccc3)c3ccccc3)cc2N4c2ccccc2)cc1. The predicted octanol–water partition coefficient (Wildman–Crippen LogP) is 13.0. The van der Waals surface area contributed by atoms with Gasteiger partial charge in [0.25, 0.3) is 6.71 Å². The summed E-state index contributed by atoms with van der Waals surface area (Å²) in [7, 11) is 0. The number of nitrogens with zero attached hydrogens (tertiary/aromatic N) is 5. The minimum Gasteiger partial charge on any atom is -0.311 e. The Morgan fingerprint density at radius 1 is 0.312 bits per heavy atom. The first-order valence-corrected chi connectivity index (χ1v) is 21.7. The van der Waals surface area contributed by atoms with Gasteiger partial charge in [-0.1, -0.05) is 109 Å². The van der Waals surface area contributed by atoms with Crippen LogP contribution in [0.15, 0.2) is 243 Å². The van der Waals surface area contributed by atoms with Crippen LogP contribution in [0.4, 0.5) is 51.2 Å². The molecule has 5 nitrogen and oxygen atoms in total. The Morgan fingerprint density at radius 2 is 0.797 bits per heavy atom. The number of fused-ring (bicyclic) bond motifs is 4. The zero-order valence-electron chi connectivity index (χ0n) is 34.9. The van der Waals surface area contributed by atoms with Crippen LogP contribution >= 0.6 is 0 Å². The molecule has 0 aliphatic carbocycles. The smallest absolute Gasteiger partial charge is 0.252 e. The van der Waals surface area contributed by atoms with Crippen molar-refractivity contribution in [3.8, 4) is 33.4 Å². The Bertz CT molecular complexity index is 3180. The first kappa shape index (κ1) is 37.3. The quantitative estimate of drug-likeness (QED) is 0.143. The summed E-state index contributed by atoms with van der Waals surface area (Å²) in [6, 6.07) is 79.2. The molecule has 2 aromatic heterocycles. The van der Waals surface area contributed by atoms with Crippen LogP contribution < -0.4 is 31.1 Å². The second-order valence-electron chi connectivity index (χ2n) is 16.3. The van der Waals surface area contributed by atoms with E-state index < -0.39 is 0 Å². The van der Waals surface area contributed by atoms with Crippen LogP contribution in [-0.4, -0.2) is 16.7 Å². The summed E-state index contributed by atoms with van der Waals surface area (Å²) in [5.41, 5.74) is 20.7. The van der Waals surface area contributed by atoms with Gasteiger partial charge in [-0.2, -0.15) is 0 Å². The molecule has 0 fully saturated rings. The summed E-state index contributed by atoms with van der Waals surface area (Å²) >= 11 is 0. The van der Waals surface area contributed by atoms with Gasteiger partial charge in [0, 0.05) is 76.0 Å². The van der Waals surface area contributed by atoms with Gasteiger partial charge in [0.2, 0.25) is 0 Å². The van der Waals surface area contributed by atoms with E-state index in [0.717, 1.165) is 73.4 Å². The van der Waals surface area contributed by atoms with Gasteiger partial charge in [-0.25, -0.2) is 0 Å². The molecule has 0 amide bonds. The summed E-state index contributed by atoms with van der Waals surface area (Å²) in [6.45, 7) is -0.0452. The molecule has 2 aliphatic rings. The molecule has 10 aromatic rings. The number of benzene rings is 8. The molecule has 0 atom stereocenters. The summed E-state index contributed by atoms with van der Waals surface area (Å²) in [4.78, 5) is 16.1. The molecule has 0 radical (unpaired) electrons. The average molecular weight is 818 g/mol. The second kappa shape index (κ2) is 15.8. The van der Waals surface area contributed by atoms with Crippen molar-refractivity contribution in [3.63, 3.8) is 0 Å². The van der Waals surface area contributed by atoms with Crippen molar-refractivity contribution in [2.75, 3.05) is 14.7 Å². The summed E-state index contributed by atoms with van der Waals surface area (Å²) in [6.07, 6.45) is 7.48. The van der Waals surface area contributed by atoms with E-state index in [1.165, 1.54) is 27.5 Å². The van der Waals surface area contributed by atoms with E-state index in [1.807, 2.05) is 24.8 Å². The molecule has 0 bridgehead atoms.